The number of pyridine rings is 1. The lowest BCUT2D eigenvalue weighted by Gasteiger charge is -2.38. The normalized spacial score (nSPS) is 19.4. The average molecular weight is 624 g/mol. The topological polar surface area (TPSA) is 135 Å². The van der Waals surface area contributed by atoms with Crippen LogP contribution in [0.15, 0.2) is 57.8 Å². The number of halogens is 3. The van der Waals surface area contributed by atoms with E-state index in [1.54, 1.807) is 35.2 Å². The quantitative estimate of drug-likeness (QED) is 0.270. The smallest absolute Gasteiger partial charge is 0.350 e. The Morgan fingerprint density at radius 1 is 1.09 bits per heavy atom. The summed E-state index contributed by atoms with van der Waals surface area (Å²) in [5.74, 6) is -0.797. The summed E-state index contributed by atoms with van der Waals surface area (Å²) in [6.45, 7) is -1.25. The number of nitrogens with one attached hydrogen (secondary N) is 1. The Balaban J connectivity index is 1.04. The maximum absolute atomic E-state index is 13.4. The fraction of sp³-hybridized carbons (Fsp3) is 0.321. The van der Waals surface area contributed by atoms with E-state index in [9.17, 15) is 22.8 Å². The number of alkyl halides is 3. The lowest BCUT2D eigenvalue weighted by molar-refractivity contribution is -0.117. The van der Waals surface area contributed by atoms with E-state index in [4.69, 9.17) is 4.42 Å². The Kier molecular flexibility index (Phi) is 7.29. The molecule has 0 spiro atoms. The van der Waals surface area contributed by atoms with Crippen molar-refractivity contribution in [2.75, 3.05) is 31.5 Å². The van der Waals surface area contributed by atoms with Gasteiger partial charge >= 0.3 is 6.55 Å². The van der Waals surface area contributed by atoms with Crippen molar-refractivity contribution in [1.29, 1.82) is 0 Å². The number of nitrogens with zero attached hydrogens (tertiary/aromatic N) is 8. The van der Waals surface area contributed by atoms with E-state index in [1.165, 1.54) is 17.5 Å². The van der Waals surface area contributed by atoms with Crippen molar-refractivity contribution in [3.05, 3.63) is 70.4 Å². The van der Waals surface area contributed by atoms with E-state index >= 15 is 0 Å². The lowest BCUT2D eigenvalue weighted by Crippen LogP contribution is -2.50. The average Bonchev–Trinajstić information content (AvgIpc) is 3.48. The molecule has 2 fully saturated rings. The van der Waals surface area contributed by atoms with Crippen LogP contribution in [0.3, 0.4) is 0 Å². The molecule has 226 valence electrons. The lowest BCUT2D eigenvalue weighted by atomic mass is 10.1. The van der Waals surface area contributed by atoms with Gasteiger partial charge in [0, 0.05) is 43.6 Å². The highest BCUT2D eigenvalue weighted by molar-refractivity contribution is 7.08. The SMILES string of the molecule is O=C(Nc1ccc2oc(-c3ccnc(C(=O)N4CCN(C(c5ccsc5)c5nnn(C(F)F)n5)CC4)c3)nc2c1)[C@@H]1C[C@@H]1F. The standard InChI is InChI=1S/C28H24F3N9O3S/c29-19-13-18(19)25(41)33-17-1-2-22-20(12-17)34-26(43-22)15-3-5-32-21(11-15)27(42)39-8-6-38(7-9-39)23(16-4-10-44-14-16)24-35-37-40(36-24)28(30)31/h1-5,10-12,14,18-19,23,28H,6-9,13H2,(H,33,41)/t18-,19+,23?/m1/s1. The van der Waals surface area contributed by atoms with Gasteiger partial charge in [0.25, 0.3) is 5.91 Å². The van der Waals surface area contributed by atoms with Gasteiger partial charge in [0.1, 0.15) is 23.4 Å². The van der Waals surface area contributed by atoms with E-state index in [2.05, 4.69) is 30.7 Å². The molecule has 7 rings (SSSR count). The van der Waals surface area contributed by atoms with E-state index < -0.39 is 24.7 Å². The van der Waals surface area contributed by atoms with Crippen LogP contribution in [0.2, 0.25) is 0 Å². The molecule has 5 aromatic rings. The van der Waals surface area contributed by atoms with Crippen LogP contribution in [0, 0.1) is 5.92 Å². The Morgan fingerprint density at radius 2 is 1.91 bits per heavy atom. The number of hydrogen-bond donors (Lipinski definition) is 1. The second-order valence-corrected chi connectivity index (χ2v) is 11.3. The summed E-state index contributed by atoms with van der Waals surface area (Å²) in [5, 5.41) is 17.8. The Hall–Kier alpha value is -4.70. The van der Waals surface area contributed by atoms with Crippen LogP contribution in [-0.4, -0.2) is 84.1 Å². The first kappa shape index (κ1) is 28.1. The number of amides is 2. The van der Waals surface area contributed by atoms with Gasteiger partial charge in [-0.2, -0.15) is 20.1 Å². The highest BCUT2D eigenvalue weighted by Gasteiger charge is 2.43. The highest BCUT2D eigenvalue weighted by Crippen LogP contribution is 2.35. The molecule has 1 aliphatic heterocycles. The molecular weight excluding hydrogens is 599 g/mol. The van der Waals surface area contributed by atoms with Crippen LogP contribution < -0.4 is 5.32 Å². The zero-order valence-corrected chi connectivity index (χ0v) is 23.7. The summed E-state index contributed by atoms with van der Waals surface area (Å²) in [6, 6.07) is 9.68. The van der Waals surface area contributed by atoms with E-state index in [0.717, 1.165) is 5.56 Å². The number of hydrogen-bond acceptors (Lipinski definition) is 10. The molecule has 1 aliphatic carbocycles. The summed E-state index contributed by atoms with van der Waals surface area (Å²) in [6.07, 6.45) is 0.655. The van der Waals surface area contributed by atoms with Crippen molar-refractivity contribution in [3.8, 4) is 11.5 Å². The maximum atomic E-state index is 13.4. The van der Waals surface area contributed by atoms with Gasteiger partial charge in [-0.25, -0.2) is 9.37 Å². The molecule has 1 saturated carbocycles. The van der Waals surface area contributed by atoms with Gasteiger partial charge < -0.3 is 14.6 Å². The molecule has 0 bridgehead atoms. The molecule has 4 aromatic heterocycles. The minimum atomic E-state index is -2.89. The third kappa shape index (κ3) is 5.53. The largest absolute Gasteiger partial charge is 0.436 e. The molecule has 44 heavy (non-hydrogen) atoms. The van der Waals surface area contributed by atoms with Gasteiger partial charge in [0.15, 0.2) is 11.4 Å². The number of piperazine rings is 1. The third-order valence-electron chi connectivity index (χ3n) is 7.62. The number of anilines is 1. The molecular formula is C28H24F3N9O3S. The number of tetrazole rings is 1. The van der Waals surface area contributed by atoms with E-state index in [1.807, 2.05) is 21.7 Å². The zero-order chi connectivity index (χ0) is 30.4. The van der Waals surface area contributed by atoms with Gasteiger partial charge in [-0.1, -0.05) is 4.80 Å². The number of benzene rings is 1. The van der Waals surface area contributed by atoms with Crippen LogP contribution in [0.25, 0.3) is 22.6 Å². The summed E-state index contributed by atoms with van der Waals surface area (Å²) >= 11 is 1.48. The molecule has 3 atom stereocenters. The van der Waals surface area contributed by atoms with Gasteiger partial charge in [-0.05, 0) is 64.4 Å². The predicted octanol–water partition coefficient (Wildman–Crippen LogP) is 4.18. The van der Waals surface area contributed by atoms with Crippen molar-refractivity contribution in [2.24, 2.45) is 5.92 Å². The molecule has 5 heterocycles. The second kappa shape index (κ2) is 11.4. The van der Waals surface area contributed by atoms with Gasteiger partial charge in [0.2, 0.25) is 11.8 Å². The van der Waals surface area contributed by atoms with Crippen molar-refractivity contribution >= 4 is 39.9 Å². The fourth-order valence-corrected chi connectivity index (χ4v) is 5.89. The van der Waals surface area contributed by atoms with Gasteiger partial charge in [0.05, 0.1) is 5.92 Å². The van der Waals surface area contributed by atoms with Crippen molar-refractivity contribution in [3.63, 3.8) is 0 Å². The molecule has 2 aliphatic rings. The Bertz CT molecular complexity index is 1820. The number of rotatable bonds is 8. The van der Waals surface area contributed by atoms with Crippen LogP contribution in [0.1, 0.15) is 40.9 Å². The van der Waals surface area contributed by atoms with Gasteiger partial charge in [-0.15, -0.1) is 10.2 Å². The summed E-state index contributed by atoms with van der Waals surface area (Å²) in [7, 11) is 0. The van der Waals surface area contributed by atoms with Crippen molar-refractivity contribution in [1.82, 2.24) is 40.0 Å². The minimum Gasteiger partial charge on any atom is -0.436 e. The number of aromatic nitrogens is 6. The molecule has 1 unspecified atom stereocenters. The van der Waals surface area contributed by atoms with E-state index in [0.29, 0.717) is 48.5 Å². The third-order valence-corrected chi connectivity index (χ3v) is 8.32. The highest BCUT2D eigenvalue weighted by atomic mass is 32.1. The molecule has 0 radical (unpaired) electrons. The van der Waals surface area contributed by atoms with Crippen molar-refractivity contribution < 1.29 is 27.2 Å². The van der Waals surface area contributed by atoms with Gasteiger partial charge in [-0.3, -0.25) is 19.5 Å². The zero-order valence-electron chi connectivity index (χ0n) is 22.9. The van der Waals surface area contributed by atoms with Crippen LogP contribution >= 0.6 is 11.3 Å². The molecule has 2 amide bonds. The van der Waals surface area contributed by atoms with Crippen LogP contribution in [0.5, 0.6) is 0 Å². The molecule has 1 saturated heterocycles. The fourth-order valence-electron chi connectivity index (χ4n) is 5.21. The summed E-state index contributed by atoms with van der Waals surface area (Å²) < 4.78 is 45.4. The number of thiophene rings is 1. The molecule has 12 nitrogen and oxygen atoms in total. The predicted molar refractivity (Wildman–Crippen MR) is 152 cm³/mol. The first-order chi connectivity index (χ1) is 21.3. The number of carbonyl (C=O) groups is 2. The first-order valence-corrected chi connectivity index (χ1v) is 14.7. The number of oxazole rings is 1. The van der Waals surface area contributed by atoms with E-state index in [-0.39, 0.29) is 40.4 Å². The molecule has 16 heteroatoms. The van der Waals surface area contributed by atoms with Crippen LogP contribution in [0.4, 0.5) is 18.9 Å². The Labute approximate surface area is 251 Å². The number of fused-ring (bicyclic) bond motifs is 1. The number of carbonyl (C=O) groups excluding carboxylic acids is 2. The Morgan fingerprint density at radius 3 is 2.61 bits per heavy atom. The molecule has 1 N–H and O–H groups in total. The second-order valence-electron chi connectivity index (χ2n) is 10.5. The maximum Gasteiger partial charge on any atom is 0.350 e. The summed E-state index contributed by atoms with van der Waals surface area (Å²) in [5.41, 5.74) is 3.09. The monoisotopic (exact) mass is 623 g/mol. The molecule has 1 aromatic carbocycles. The summed E-state index contributed by atoms with van der Waals surface area (Å²) in [4.78, 5) is 38.4. The van der Waals surface area contributed by atoms with Crippen molar-refractivity contribution in [2.45, 2.75) is 25.2 Å². The van der Waals surface area contributed by atoms with Crippen LogP contribution in [-0.2, 0) is 4.79 Å². The minimum absolute atomic E-state index is 0.169. The first-order valence-electron chi connectivity index (χ1n) is 13.8.